The summed E-state index contributed by atoms with van der Waals surface area (Å²) >= 11 is 5.48. The van der Waals surface area contributed by atoms with Crippen molar-refractivity contribution in [3.8, 4) is 11.5 Å². The number of thiocarbonyl (C=S) groups is 1. The number of nitrogens with zero attached hydrogens (tertiary/aromatic N) is 6. The summed E-state index contributed by atoms with van der Waals surface area (Å²) in [7, 11) is 0. The molecule has 4 rings (SSSR count). The van der Waals surface area contributed by atoms with Gasteiger partial charge >= 0.3 is 0 Å². The highest BCUT2D eigenvalue weighted by Gasteiger charge is 2.10. The van der Waals surface area contributed by atoms with E-state index >= 15 is 0 Å². The number of hydrogen-bond acceptors (Lipinski definition) is 6. The Bertz CT molecular complexity index is 1310. The summed E-state index contributed by atoms with van der Waals surface area (Å²) in [6.07, 6.45) is 9.20. The fourth-order valence-corrected chi connectivity index (χ4v) is 4.07. The maximum Gasteiger partial charge on any atom is 0.175 e. The SMILES string of the molecule is CCOc1ccc(Cn2cc(NC(=S)Nc3cnn(Cc4cnn(CC)c4C)c3)cn2)cc1OCC. The average Bonchev–Trinajstić information content (AvgIpc) is 3.57. The standard InChI is InChI=1S/C25H32N8O2S/c1-5-33-18(4)20(11-28-33)15-32-17-22(13-27-32)30-25(36)29-21-12-26-31(16-21)14-19-8-9-23(34-6-2)24(10-19)35-7-3/h8-13,16-17H,5-7,14-15H2,1-4H3,(H2,29,30,36). The lowest BCUT2D eigenvalue weighted by Crippen LogP contribution is -2.18. The number of nitrogens with one attached hydrogen (secondary N) is 2. The van der Waals surface area contributed by atoms with E-state index in [0.717, 1.165) is 46.2 Å². The summed E-state index contributed by atoms with van der Waals surface area (Å²) in [6.45, 7) is 11.3. The van der Waals surface area contributed by atoms with Crippen molar-refractivity contribution < 1.29 is 9.47 Å². The zero-order valence-corrected chi connectivity index (χ0v) is 21.9. The number of aryl methyl sites for hydroxylation is 1. The predicted molar refractivity (Wildman–Crippen MR) is 144 cm³/mol. The molecule has 0 saturated heterocycles. The van der Waals surface area contributed by atoms with Crippen LogP contribution in [0.1, 0.15) is 37.6 Å². The van der Waals surface area contributed by atoms with Gasteiger partial charge in [0.25, 0.3) is 0 Å². The van der Waals surface area contributed by atoms with Crippen LogP contribution in [0.25, 0.3) is 0 Å². The molecule has 0 amide bonds. The first-order chi connectivity index (χ1) is 17.5. The molecule has 0 fully saturated rings. The lowest BCUT2D eigenvalue weighted by Gasteiger charge is -2.12. The van der Waals surface area contributed by atoms with Crippen molar-refractivity contribution in [3.05, 3.63) is 66.0 Å². The van der Waals surface area contributed by atoms with Crippen molar-refractivity contribution in [1.29, 1.82) is 0 Å². The summed E-state index contributed by atoms with van der Waals surface area (Å²) in [5.74, 6) is 1.49. The monoisotopic (exact) mass is 508 g/mol. The summed E-state index contributed by atoms with van der Waals surface area (Å²) in [6, 6.07) is 5.94. The number of rotatable bonds is 11. The highest BCUT2D eigenvalue weighted by molar-refractivity contribution is 7.80. The average molecular weight is 509 g/mol. The summed E-state index contributed by atoms with van der Waals surface area (Å²) < 4.78 is 17.0. The number of aromatic nitrogens is 6. The third kappa shape index (κ3) is 6.22. The fourth-order valence-electron chi connectivity index (χ4n) is 3.84. The Morgan fingerprint density at radius 1 is 0.861 bits per heavy atom. The van der Waals surface area contributed by atoms with Crippen LogP contribution >= 0.6 is 12.2 Å². The molecule has 0 aliphatic carbocycles. The van der Waals surface area contributed by atoms with E-state index < -0.39 is 0 Å². The van der Waals surface area contributed by atoms with Gasteiger partial charge in [0.15, 0.2) is 16.6 Å². The second kappa shape index (κ2) is 11.7. The highest BCUT2D eigenvalue weighted by Crippen LogP contribution is 2.29. The van der Waals surface area contributed by atoms with Crippen molar-refractivity contribution in [2.45, 2.75) is 47.3 Å². The van der Waals surface area contributed by atoms with Crippen LogP contribution in [0.2, 0.25) is 0 Å². The Balaban J connectivity index is 1.32. The lowest BCUT2D eigenvalue weighted by atomic mass is 10.2. The van der Waals surface area contributed by atoms with E-state index in [9.17, 15) is 0 Å². The van der Waals surface area contributed by atoms with Crippen LogP contribution in [0.5, 0.6) is 11.5 Å². The molecule has 3 aromatic heterocycles. The van der Waals surface area contributed by atoms with Crippen LogP contribution in [-0.2, 0) is 19.6 Å². The number of ether oxygens (including phenoxy) is 2. The topological polar surface area (TPSA) is 96.0 Å². The molecule has 0 atom stereocenters. The van der Waals surface area contributed by atoms with Gasteiger partial charge in [0.1, 0.15) is 0 Å². The first-order valence-electron chi connectivity index (χ1n) is 12.0. The summed E-state index contributed by atoms with van der Waals surface area (Å²) in [5.41, 5.74) is 4.94. The second-order valence-corrected chi connectivity index (χ2v) is 8.56. The Morgan fingerprint density at radius 2 is 1.50 bits per heavy atom. The second-order valence-electron chi connectivity index (χ2n) is 8.15. The van der Waals surface area contributed by atoms with E-state index in [1.807, 2.05) is 64.7 Å². The van der Waals surface area contributed by atoms with E-state index in [2.05, 4.69) is 39.8 Å². The van der Waals surface area contributed by atoms with E-state index in [4.69, 9.17) is 21.7 Å². The molecule has 0 radical (unpaired) electrons. The normalized spacial score (nSPS) is 10.9. The quantitative estimate of drug-likeness (QED) is 0.290. The molecular weight excluding hydrogens is 476 g/mol. The molecule has 190 valence electrons. The van der Waals surface area contributed by atoms with Crippen LogP contribution in [0.4, 0.5) is 11.4 Å². The first kappa shape index (κ1) is 25.2. The van der Waals surface area contributed by atoms with Gasteiger partial charge in [-0.2, -0.15) is 15.3 Å². The minimum Gasteiger partial charge on any atom is -0.490 e. The number of benzene rings is 1. The minimum absolute atomic E-state index is 0.462. The predicted octanol–water partition coefficient (Wildman–Crippen LogP) is 4.31. The van der Waals surface area contributed by atoms with E-state index in [1.165, 1.54) is 0 Å². The molecular formula is C25H32N8O2S. The maximum atomic E-state index is 5.73. The Kier molecular flexibility index (Phi) is 8.21. The van der Waals surface area contributed by atoms with E-state index in [0.29, 0.717) is 31.4 Å². The minimum atomic E-state index is 0.462. The molecule has 0 unspecified atom stereocenters. The van der Waals surface area contributed by atoms with Gasteiger partial charge in [-0.1, -0.05) is 6.07 Å². The third-order valence-electron chi connectivity index (χ3n) is 5.57. The van der Waals surface area contributed by atoms with Crippen molar-refractivity contribution >= 4 is 28.7 Å². The number of hydrogen-bond donors (Lipinski definition) is 2. The molecule has 10 nitrogen and oxygen atoms in total. The van der Waals surface area contributed by atoms with Crippen molar-refractivity contribution in [2.24, 2.45) is 0 Å². The molecule has 0 spiro atoms. The van der Waals surface area contributed by atoms with Gasteiger partial charge in [-0.3, -0.25) is 14.0 Å². The van der Waals surface area contributed by atoms with Gasteiger partial charge in [-0.25, -0.2) is 0 Å². The molecule has 0 aliphatic rings. The zero-order chi connectivity index (χ0) is 25.5. The molecule has 4 aromatic rings. The van der Waals surface area contributed by atoms with Crippen LogP contribution in [0.3, 0.4) is 0 Å². The molecule has 0 bridgehead atoms. The Morgan fingerprint density at radius 3 is 2.11 bits per heavy atom. The maximum absolute atomic E-state index is 5.73. The fraction of sp³-hybridized carbons (Fsp3) is 0.360. The first-order valence-corrected chi connectivity index (χ1v) is 12.4. The van der Waals surface area contributed by atoms with Gasteiger partial charge in [0, 0.05) is 30.2 Å². The Hall–Kier alpha value is -3.86. The van der Waals surface area contributed by atoms with Gasteiger partial charge in [-0.05, 0) is 57.6 Å². The van der Waals surface area contributed by atoms with E-state index in [-0.39, 0.29) is 0 Å². The van der Waals surface area contributed by atoms with Crippen molar-refractivity contribution in [3.63, 3.8) is 0 Å². The summed E-state index contributed by atoms with van der Waals surface area (Å²) in [4.78, 5) is 0. The van der Waals surface area contributed by atoms with Crippen LogP contribution in [0, 0.1) is 6.92 Å². The van der Waals surface area contributed by atoms with Gasteiger partial charge in [-0.15, -0.1) is 0 Å². The summed E-state index contributed by atoms with van der Waals surface area (Å²) in [5, 5.41) is 20.1. The largest absolute Gasteiger partial charge is 0.490 e. The van der Waals surface area contributed by atoms with Crippen LogP contribution in [-0.4, -0.2) is 47.7 Å². The third-order valence-corrected chi connectivity index (χ3v) is 5.78. The van der Waals surface area contributed by atoms with Crippen molar-refractivity contribution in [1.82, 2.24) is 29.3 Å². The molecule has 11 heteroatoms. The molecule has 3 heterocycles. The van der Waals surface area contributed by atoms with Gasteiger partial charge in [0.2, 0.25) is 0 Å². The van der Waals surface area contributed by atoms with E-state index in [1.54, 1.807) is 12.4 Å². The number of anilines is 2. The zero-order valence-electron chi connectivity index (χ0n) is 21.1. The highest BCUT2D eigenvalue weighted by atomic mass is 32.1. The molecule has 0 aliphatic heterocycles. The molecule has 2 N–H and O–H groups in total. The van der Waals surface area contributed by atoms with Crippen molar-refractivity contribution in [2.75, 3.05) is 23.8 Å². The smallest absolute Gasteiger partial charge is 0.175 e. The molecule has 36 heavy (non-hydrogen) atoms. The van der Waals surface area contributed by atoms with Gasteiger partial charge in [0.05, 0.1) is 56.3 Å². The molecule has 1 aromatic carbocycles. The van der Waals surface area contributed by atoms with Crippen LogP contribution < -0.4 is 20.1 Å². The van der Waals surface area contributed by atoms with Crippen LogP contribution in [0.15, 0.2) is 49.2 Å². The lowest BCUT2D eigenvalue weighted by molar-refractivity contribution is 0.287. The van der Waals surface area contributed by atoms with Gasteiger partial charge < -0.3 is 20.1 Å². The Labute approximate surface area is 216 Å². The molecule has 0 saturated carbocycles.